The second kappa shape index (κ2) is 7.77. The molecule has 0 bridgehead atoms. The van der Waals surface area contributed by atoms with Gasteiger partial charge in [-0.25, -0.2) is 9.98 Å². The van der Waals surface area contributed by atoms with E-state index in [1.54, 1.807) is 0 Å². The lowest BCUT2D eigenvalue weighted by atomic mass is 10.1. The third-order valence-corrected chi connectivity index (χ3v) is 6.24. The third kappa shape index (κ3) is 3.22. The second-order valence-electron chi connectivity index (χ2n) is 7.73. The standard InChI is InChI=1S/C27H19BrN4/c28-20-13-14-21-22-12-7-15-29-27(22)32(24(21)16-20)25-17-23(18-8-3-1-4-9-18)30-26(31-25)19-10-5-2-6-11-19/h1-17,25H,(H,30,31). The van der Waals surface area contributed by atoms with E-state index in [0.29, 0.717) is 0 Å². The first kappa shape index (κ1) is 19.0. The van der Waals surface area contributed by atoms with E-state index in [1.165, 1.54) is 5.39 Å². The van der Waals surface area contributed by atoms with Crippen molar-refractivity contribution in [3.63, 3.8) is 0 Å². The number of hydrogen-bond donors (Lipinski definition) is 1. The van der Waals surface area contributed by atoms with Gasteiger partial charge < -0.3 is 5.32 Å². The summed E-state index contributed by atoms with van der Waals surface area (Å²) in [6.45, 7) is 0. The van der Waals surface area contributed by atoms with Gasteiger partial charge in [0.25, 0.3) is 0 Å². The van der Waals surface area contributed by atoms with Crippen LogP contribution in [0.2, 0.25) is 0 Å². The van der Waals surface area contributed by atoms with Crippen molar-refractivity contribution in [3.05, 3.63) is 119 Å². The molecule has 5 aromatic rings. The molecule has 0 saturated heterocycles. The van der Waals surface area contributed by atoms with Crippen LogP contribution in [0.5, 0.6) is 0 Å². The van der Waals surface area contributed by atoms with Crippen LogP contribution in [0, 0.1) is 0 Å². The van der Waals surface area contributed by atoms with Gasteiger partial charge in [-0.05, 0) is 35.9 Å². The molecule has 5 heteroatoms. The number of aromatic nitrogens is 2. The number of fused-ring (bicyclic) bond motifs is 3. The molecule has 154 valence electrons. The van der Waals surface area contributed by atoms with Crippen LogP contribution in [0.3, 0.4) is 0 Å². The van der Waals surface area contributed by atoms with Gasteiger partial charge in [-0.2, -0.15) is 0 Å². The maximum atomic E-state index is 5.14. The van der Waals surface area contributed by atoms with E-state index in [1.807, 2.05) is 36.5 Å². The summed E-state index contributed by atoms with van der Waals surface area (Å²) >= 11 is 3.65. The zero-order valence-corrected chi connectivity index (χ0v) is 18.7. The Morgan fingerprint density at radius 2 is 1.53 bits per heavy atom. The lowest BCUT2D eigenvalue weighted by molar-refractivity contribution is 0.662. The Balaban J connectivity index is 1.62. The van der Waals surface area contributed by atoms with Gasteiger partial charge in [-0.3, -0.25) is 4.57 Å². The fourth-order valence-corrected chi connectivity index (χ4v) is 4.64. The highest BCUT2D eigenvalue weighted by Gasteiger charge is 2.23. The summed E-state index contributed by atoms with van der Waals surface area (Å²) in [6.07, 6.45) is 3.78. The van der Waals surface area contributed by atoms with Crippen LogP contribution < -0.4 is 5.32 Å². The summed E-state index contributed by atoms with van der Waals surface area (Å²) in [5.74, 6) is 0.845. The molecule has 1 unspecified atom stereocenters. The molecule has 1 aliphatic rings. The van der Waals surface area contributed by atoms with Gasteiger partial charge in [0.05, 0.1) is 5.52 Å². The van der Waals surface area contributed by atoms with Crippen LogP contribution in [0.15, 0.2) is 113 Å². The van der Waals surface area contributed by atoms with Gasteiger partial charge in [0.2, 0.25) is 0 Å². The van der Waals surface area contributed by atoms with Gasteiger partial charge in [0, 0.05) is 32.7 Å². The predicted octanol–water partition coefficient (Wildman–Crippen LogP) is 6.54. The molecular formula is C27H19BrN4. The van der Waals surface area contributed by atoms with Crippen LogP contribution in [0.1, 0.15) is 17.3 Å². The van der Waals surface area contributed by atoms with Crippen molar-refractivity contribution in [1.29, 1.82) is 0 Å². The molecular weight excluding hydrogens is 460 g/mol. The molecule has 3 heterocycles. The Kier molecular flexibility index (Phi) is 4.62. The Hall–Kier alpha value is -3.70. The average molecular weight is 479 g/mol. The molecule has 0 aliphatic carbocycles. The molecule has 1 aliphatic heterocycles. The topological polar surface area (TPSA) is 42.2 Å². The minimum atomic E-state index is -0.245. The van der Waals surface area contributed by atoms with Crippen molar-refractivity contribution in [2.75, 3.05) is 0 Å². The molecule has 1 atom stereocenters. The Labute approximate surface area is 194 Å². The van der Waals surface area contributed by atoms with Gasteiger partial charge in [-0.1, -0.05) is 82.7 Å². The summed E-state index contributed by atoms with van der Waals surface area (Å²) < 4.78 is 3.25. The normalized spacial score (nSPS) is 16.0. The zero-order chi connectivity index (χ0) is 21.5. The number of pyridine rings is 1. The van der Waals surface area contributed by atoms with Gasteiger partial charge >= 0.3 is 0 Å². The largest absolute Gasteiger partial charge is 0.340 e. The second-order valence-corrected chi connectivity index (χ2v) is 8.65. The van der Waals surface area contributed by atoms with E-state index in [2.05, 4.69) is 92.6 Å². The van der Waals surface area contributed by atoms with Gasteiger partial charge in [-0.15, -0.1) is 0 Å². The van der Waals surface area contributed by atoms with Crippen LogP contribution in [-0.2, 0) is 0 Å². The maximum Gasteiger partial charge on any atom is 0.150 e. The van der Waals surface area contributed by atoms with Crippen molar-refractivity contribution < 1.29 is 0 Å². The number of hydrogen-bond acceptors (Lipinski definition) is 3. The predicted molar refractivity (Wildman–Crippen MR) is 135 cm³/mol. The number of rotatable bonds is 3. The zero-order valence-electron chi connectivity index (χ0n) is 17.1. The molecule has 0 fully saturated rings. The molecule has 6 rings (SSSR count). The van der Waals surface area contributed by atoms with Gasteiger partial charge in [0.15, 0.2) is 0 Å². The summed E-state index contributed by atoms with van der Waals surface area (Å²) in [6, 6.07) is 31.1. The summed E-state index contributed by atoms with van der Waals surface area (Å²) in [5, 5.41) is 5.85. The first-order valence-electron chi connectivity index (χ1n) is 10.5. The number of benzene rings is 3. The van der Waals surface area contributed by atoms with Crippen molar-refractivity contribution in [2.45, 2.75) is 6.17 Å². The van der Waals surface area contributed by atoms with E-state index in [0.717, 1.165) is 43.7 Å². The van der Waals surface area contributed by atoms with Crippen LogP contribution in [-0.4, -0.2) is 15.4 Å². The van der Waals surface area contributed by atoms with Crippen LogP contribution in [0.25, 0.3) is 27.6 Å². The molecule has 3 aromatic carbocycles. The van der Waals surface area contributed by atoms with E-state index >= 15 is 0 Å². The van der Waals surface area contributed by atoms with Crippen molar-refractivity contribution >= 4 is 49.4 Å². The maximum absolute atomic E-state index is 5.14. The van der Waals surface area contributed by atoms with Crippen LogP contribution in [0.4, 0.5) is 0 Å². The van der Waals surface area contributed by atoms with E-state index in [9.17, 15) is 0 Å². The highest BCUT2D eigenvalue weighted by atomic mass is 79.9. The van der Waals surface area contributed by atoms with E-state index in [4.69, 9.17) is 9.98 Å². The minimum Gasteiger partial charge on any atom is -0.340 e. The molecule has 0 spiro atoms. The molecule has 0 saturated carbocycles. The van der Waals surface area contributed by atoms with E-state index in [-0.39, 0.29) is 6.17 Å². The van der Waals surface area contributed by atoms with Crippen molar-refractivity contribution in [2.24, 2.45) is 4.99 Å². The number of amidine groups is 1. The van der Waals surface area contributed by atoms with Crippen molar-refractivity contribution in [1.82, 2.24) is 14.9 Å². The highest BCUT2D eigenvalue weighted by molar-refractivity contribution is 9.10. The summed E-state index contributed by atoms with van der Waals surface area (Å²) in [4.78, 5) is 9.88. The van der Waals surface area contributed by atoms with Crippen LogP contribution >= 0.6 is 15.9 Å². The smallest absolute Gasteiger partial charge is 0.150 e. The van der Waals surface area contributed by atoms with Gasteiger partial charge in [0.1, 0.15) is 17.6 Å². The number of nitrogens with zero attached hydrogens (tertiary/aromatic N) is 3. The average Bonchev–Trinajstić information content (AvgIpc) is 3.18. The minimum absolute atomic E-state index is 0.245. The van der Waals surface area contributed by atoms with E-state index < -0.39 is 0 Å². The quantitative estimate of drug-likeness (QED) is 0.319. The Morgan fingerprint density at radius 1 is 0.781 bits per heavy atom. The highest BCUT2D eigenvalue weighted by Crippen LogP contribution is 2.35. The van der Waals surface area contributed by atoms with Crippen molar-refractivity contribution in [3.8, 4) is 0 Å². The monoisotopic (exact) mass is 478 g/mol. The Morgan fingerprint density at radius 3 is 2.31 bits per heavy atom. The first-order valence-corrected chi connectivity index (χ1v) is 11.3. The molecule has 1 N–H and O–H groups in total. The molecule has 2 aromatic heterocycles. The fourth-order valence-electron chi connectivity index (χ4n) is 4.29. The first-order chi connectivity index (χ1) is 15.8. The number of halogens is 1. The molecule has 4 nitrogen and oxygen atoms in total. The third-order valence-electron chi connectivity index (χ3n) is 5.75. The fraction of sp³-hybridized carbons (Fsp3) is 0.0370. The Bertz CT molecular complexity index is 1450. The molecule has 0 radical (unpaired) electrons. The summed E-state index contributed by atoms with van der Waals surface area (Å²) in [5.41, 5.74) is 5.22. The lowest BCUT2D eigenvalue weighted by Gasteiger charge is -2.24. The number of aliphatic imine (C=N–C) groups is 1. The summed E-state index contributed by atoms with van der Waals surface area (Å²) in [7, 11) is 0. The molecule has 32 heavy (non-hydrogen) atoms. The number of nitrogens with one attached hydrogen (secondary N) is 1. The lowest BCUT2D eigenvalue weighted by Crippen LogP contribution is -2.29. The molecule has 0 amide bonds. The SMILES string of the molecule is Brc1ccc2c3cccnc3n(C3C=C(c4ccccc4)NC(c4ccccc4)=N3)c2c1.